The molecule has 0 aromatic heterocycles. The summed E-state index contributed by atoms with van der Waals surface area (Å²) in [5.74, 6) is 1.83. The highest BCUT2D eigenvalue weighted by Gasteiger charge is 2.65. The van der Waals surface area contributed by atoms with Crippen LogP contribution in [0.3, 0.4) is 0 Å². The third-order valence-corrected chi connectivity index (χ3v) is 13.4. The molecule has 3 N–H and O–H groups in total. The lowest BCUT2D eigenvalue weighted by Crippen LogP contribution is -2.62. The molecule has 0 bridgehead atoms. The van der Waals surface area contributed by atoms with Gasteiger partial charge in [-0.15, -0.1) is 0 Å². The zero-order chi connectivity index (χ0) is 26.6. The largest absolute Gasteiger partial charge is 0.463 e. The van der Waals surface area contributed by atoms with Gasteiger partial charge in [-0.05, 0) is 111 Å². The Morgan fingerprint density at radius 1 is 1.00 bits per heavy atom. The molecule has 5 nitrogen and oxygen atoms in total. The fourth-order valence-corrected chi connectivity index (χ4v) is 11.7. The van der Waals surface area contributed by atoms with Gasteiger partial charge in [0.2, 0.25) is 0 Å². The van der Waals surface area contributed by atoms with Crippen LogP contribution in [0.1, 0.15) is 85.5 Å². The molecule has 4 rings (SSSR count). The van der Waals surface area contributed by atoms with E-state index < -0.39 is 8.07 Å². The maximum Gasteiger partial charge on any atom is 0.306 e. The highest BCUT2D eigenvalue weighted by molar-refractivity contribution is 6.76. The number of hydrogen-bond donors (Lipinski definition) is 3. The van der Waals surface area contributed by atoms with Gasteiger partial charge in [0.05, 0.1) is 24.4 Å². The van der Waals surface area contributed by atoms with Gasteiger partial charge in [0, 0.05) is 14.5 Å². The number of esters is 1. The molecule has 0 saturated heterocycles. The van der Waals surface area contributed by atoms with Crippen molar-refractivity contribution in [3.05, 3.63) is 0 Å². The Morgan fingerprint density at radius 3 is 2.36 bits per heavy atom. The van der Waals surface area contributed by atoms with Crippen LogP contribution in [0.25, 0.3) is 0 Å². The lowest BCUT2D eigenvalue weighted by Gasteiger charge is -2.63. The molecule has 0 aromatic rings. The Bertz CT molecular complexity index is 797. The lowest BCUT2D eigenvalue weighted by atomic mass is 9.43. The van der Waals surface area contributed by atoms with Crippen molar-refractivity contribution in [3.8, 4) is 0 Å². The Kier molecular flexibility index (Phi) is 8.15. The van der Waals surface area contributed by atoms with Crippen molar-refractivity contribution < 1.29 is 24.9 Å². The van der Waals surface area contributed by atoms with Gasteiger partial charge in [0.1, 0.15) is 0 Å². The number of hydrogen-bond acceptors (Lipinski definition) is 5. The third kappa shape index (κ3) is 5.22. The highest BCUT2D eigenvalue weighted by atomic mass is 28.3. The molecule has 4 saturated carbocycles. The first kappa shape index (κ1) is 28.6. The molecule has 8 unspecified atom stereocenters. The SMILES string of the molecule is CC(C[Si](C)(C)C)OC(=O)CCC(C)C1CCC2C3[C@H](O)CC4C[C@H](O)CCC4(C)[C@H]3C[C@H](O)C12C. The Labute approximate surface area is 220 Å². The van der Waals surface area contributed by atoms with Crippen molar-refractivity contribution in [3.63, 3.8) is 0 Å². The second-order valence-corrected chi connectivity index (χ2v) is 20.6. The first-order chi connectivity index (χ1) is 16.7. The van der Waals surface area contributed by atoms with E-state index in [1.54, 1.807) is 0 Å². The van der Waals surface area contributed by atoms with E-state index in [4.69, 9.17) is 4.74 Å². The number of aliphatic hydroxyl groups excluding tert-OH is 3. The van der Waals surface area contributed by atoms with Gasteiger partial charge in [0.15, 0.2) is 0 Å². The summed E-state index contributed by atoms with van der Waals surface area (Å²) in [4.78, 5) is 12.6. The number of carbonyl (C=O) groups excluding carboxylic acids is 1. The van der Waals surface area contributed by atoms with E-state index in [-0.39, 0.29) is 47.1 Å². The summed E-state index contributed by atoms with van der Waals surface area (Å²) < 4.78 is 5.74. The molecule has 36 heavy (non-hydrogen) atoms. The van der Waals surface area contributed by atoms with E-state index in [1.807, 2.05) is 6.92 Å². The zero-order valence-electron chi connectivity index (χ0n) is 24.0. The van der Waals surface area contributed by atoms with Gasteiger partial charge in [-0.3, -0.25) is 4.79 Å². The van der Waals surface area contributed by atoms with Crippen LogP contribution < -0.4 is 0 Å². The van der Waals surface area contributed by atoms with Crippen LogP contribution in [-0.4, -0.2) is 53.8 Å². The monoisotopic (exact) mass is 522 g/mol. The normalized spacial score (nSPS) is 46.3. The van der Waals surface area contributed by atoms with Crippen LogP contribution in [0, 0.1) is 46.3 Å². The Balaban J connectivity index is 1.43. The topological polar surface area (TPSA) is 87.0 Å². The number of rotatable bonds is 7. The second kappa shape index (κ2) is 10.3. The molecular weight excluding hydrogens is 468 g/mol. The van der Waals surface area contributed by atoms with Crippen LogP contribution in [0.2, 0.25) is 25.7 Å². The van der Waals surface area contributed by atoms with Gasteiger partial charge in [0.25, 0.3) is 0 Å². The molecule has 0 spiro atoms. The van der Waals surface area contributed by atoms with Gasteiger partial charge in [-0.1, -0.05) is 40.4 Å². The van der Waals surface area contributed by atoms with Crippen LogP contribution >= 0.6 is 0 Å². The minimum atomic E-state index is -1.27. The number of fused-ring (bicyclic) bond motifs is 5. The van der Waals surface area contributed by atoms with E-state index in [0.717, 1.165) is 57.4 Å². The van der Waals surface area contributed by atoms with Crippen LogP contribution in [0.4, 0.5) is 0 Å². The van der Waals surface area contributed by atoms with Crippen molar-refractivity contribution in [2.75, 3.05) is 0 Å². The van der Waals surface area contributed by atoms with Crippen molar-refractivity contribution >= 4 is 14.0 Å². The summed E-state index contributed by atoms with van der Waals surface area (Å²) in [5, 5.41) is 33.5. The zero-order valence-corrected chi connectivity index (χ0v) is 25.0. The van der Waals surface area contributed by atoms with Gasteiger partial charge < -0.3 is 20.1 Å². The van der Waals surface area contributed by atoms with Crippen molar-refractivity contribution in [1.29, 1.82) is 0 Å². The third-order valence-electron chi connectivity index (χ3n) is 11.6. The van der Waals surface area contributed by atoms with Gasteiger partial charge in [-0.2, -0.15) is 0 Å². The van der Waals surface area contributed by atoms with Crippen LogP contribution in [0.15, 0.2) is 0 Å². The predicted octanol–water partition coefficient (Wildman–Crippen LogP) is 5.63. The Hall–Kier alpha value is -0.433. The predicted molar refractivity (Wildman–Crippen MR) is 146 cm³/mol. The maximum absolute atomic E-state index is 12.6. The van der Waals surface area contributed by atoms with E-state index in [9.17, 15) is 20.1 Å². The molecule has 6 heteroatoms. The molecule has 4 fully saturated rings. The van der Waals surface area contributed by atoms with Crippen molar-refractivity contribution in [2.24, 2.45) is 46.3 Å². The quantitative estimate of drug-likeness (QED) is 0.298. The summed E-state index contributed by atoms with van der Waals surface area (Å²) in [7, 11) is -1.27. The smallest absolute Gasteiger partial charge is 0.306 e. The molecular formula is C30H54O5Si. The van der Waals surface area contributed by atoms with Gasteiger partial charge >= 0.3 is 5.97 Å². The molecule has 0 heterocycles. The van der Waals surface area contributed by atoms with Crippen LogP contribution in [-0.2, 0) is 9.53 Å². The lowest BCUT2D eigenvalue weighted by molar-refractivity contribution is -0.207. The molecule has 4 aliphatic rings. The fourth-order valence-electron chi connectivity index (χ4n) is 9.87. The van der Waals surface area contributed by atoms with Crippen molar-refractivity contribution in [1.82, 2.24) is 0 Å². The summed E-state index contributed by atoms with van der Waals surface area (Å²) in [6.07, 6.45) is 6.58. The van der Waals surface area contributed by atoms with Crippen LogP contribution in [0.5, 0.6) is 0 Å². The number of ether oxygens (including phenoxy) is 1. The molecule has 12 atom stereocenters. The Morgan fingerprint density at radius 2 is 1.69 bits per heavy atom. The molecule has 0 aromatic carbocycles. The molecule has 0 amide bonds. The van der Waals surface area contributed by atoms with E-state index in [0.29, 0.717) is 36.0 Å². The standard InChI is InChI=1S/C30H54O5Si/c1-18(8-11-27(34)35-19(2)17-36(5,6)7)22-9-10-23-28-24(16-26(33)30(22,23)4)29(3)13-12-21(31)14-20(29)15-25(28)32/h18-26,28,31-33H,8-17H2,1-7H3/t18?,19?,20?,21-,22?,23?,24+,25-,26+,28?,29?,30?/m1/s1. The van der Waals surface area contributed by atoms with Crippen molar-refractivity contribution in [2.45, 2.75) is 136 Å². The summed E-state index contributed by atoms with van der Waals surface area (Å²) in [6, 6.07) is 0.993. The van der Waals surface area contributed by atoms with E-state index >= 15 is 0 Å². The molecule has 0 aliphatic heterocycles. The minimum Gasteiger partial charge on any atom is -0.463 e. The summed E-state index contributed by atoms with van der Waals surface area (Å²) in [5.41, 5.74) is -0.112. The van der Waals surface area contributed by atoms with Gasteiger partial charge in [-0.25, -0.2) is 0 Å². The minimum absolute atomic E-state index is 0.0103. The highest BCUT2D eigenvalue weighted by Crippen LogP contribution is 2.68. The summed E-state index contributed by atoms with van der Waals surface area (Å²) in [6.45, 7) is 15.9. The van der Waals surface area contributed by atoms with E-state index in [1.165, 1.54) is 0 Å². The number of carbonyl (C=O) groups is 1. The van der Waals surface area contributed by atoms with E-state index in [2.05, 4.69) is 40.4 Å². The molecule has 0 radical (unpaired) electrons. The maximum atomic E-state index is 12.6. The summed E-state index contributed by atoms with van der Waals surface area (Å²) >= 11 is 0. The fraction of sp³-hybridized carbons (Fsp3) is 0.967. The molecule has 208 valence electrons. The molecule has 4 aliphatic carbocycles. The number of aliphatic hydroxyl groups is 3. The average Bonchev–Trinajstić information content (AvgIpc) is 3.11. The average molecular weight is 523 g/mol. The second-order valence-electron chi connectivity index (χ2n) is 15.1. The first-order valence-corrected chi connectivity index (χ1v) is 18.6. The first-order valence-electron chi connectivity index (χ1n) is 14.9.